The molecule has 3 aromatic rings. The first kappa shape index (κ1) is 20.7. The summed E-state index contributed by atoms with van der Waals surface area (Å²) in [6, 6.07) is 15.5. The van der Waals surface area contributed by atoms with Crippen LogP contribution < -0.4 is 20.5 Å². The molecule has 0 aliphatic carbocycles. The molecule has 7 heteroatoms. The minimum Gasteiger partial charge on any atom is -0.490 e. The highest BCUT2D eigenvalue weighted by Gasteiger charge is 2.10. The molecule has 0 spiro atoms. The van der Waals surface area contributed by atoms with Gasteiger partial charge in [-0.25, -0.2) is 9.98 Å². The standard InChI is InChI=1S/C22H26N4O2S/c1-2-14-27-19-9-3-4-10-20(19)28-21-17(7-5-12-24-21)16-26-22(23)25-13-11-18-8-6-15-29-18/h3-10,12,15H,2,11,13-14,16H2,1H3,(H3,23,25,26). The molecule has 6 nitrogen and oxygen atoms in total. The van der Waals surface area contributed by atoms with Crippen LogP contribution in [0.2, 0.25) is 0 Å². The molecule has 2 aromatic heterocycles. The van der Waals surface area contributed by atoms with E-state index in [1.807, 2.05) is 42.5 Å². The second-order valence-electron chi connectivity index (χ2n) is 6.32. The first-order valence-electron chi connectivity index (χ1n) is 9.66. The van der Waals surface area contributed by atoms with E-state index in [9.17, 15) is 0 Å². The minimum absolute atomic E-state index is 0.374. The molecular weight excluding hydrogens is 384 g/mol. The van der Waals surface area contributed by atoms with Gasteiger partial charge in [-0.05, 0) is 42.5 Å². The molecule has 0 radical (unpaired) electrons. The topological polar surface area (TPSA) is 81.8 Å². The fourth-order valence-corrected chi connectivity index (χ4v) is 3.31. The number of hydrogen-bond acceptors (Lipinski definition) is 5. The number of benzene rings is 1. The van der Waals surface area contributed by atoms with Crippen molar-refractivity contribution in [1.82, 2.24) is 10.3 Å². The van der Waals surface area contributed by atoms with Gasteiger partial charge in [0.2, 0.25) is 5.88 Å². The second-order valence-corrected chi connectivity index (χ2v) is 7.35. The first-order valence-corrected chi connectivity index (χ1v) is 10.5. The zero-order chi connectivity index (χ0) is 20.3. The van der Waals surface area contributed by atoms with Crippen LogP contribution in [0.25, 0.3) is 0 Å². The minimum atomic E-state index is 0.374. The Morgan fingerprint density at radius 2 is 2.00 bits per heavy atom. The predicted octanol–water partition coefficient (Wildman–Crippen LogP) is 4.37. The summed E-state index contributed by atoms with van der Waals surface area (Å²) in [5, 5.41) is 5.22. The zero-order valence-corrected chi connectivity index (χ0v) is 17.3. The summed E-state index contributed by atoms with van der Waals surface area (Å²) in [7, 11) is 0. The molecule has 2 heterocycles. The Morgan fingerprint density at radius 1 is 1.14 bits per heavy atom. The fraction of sp³-hybridized carbons (Fsp3) is 0.273. The van der Waals surface area contributed by atoms with Crippen molar-refractivity contribution in [2.24, 2.45) is 10.7 Å². The van der Waals surface area contributed by atoms with Gasteiger partial charge in [-0.2, -0.15) is 0 Å². The number of pyridine rings is 1. The normalized spacial score (nSPS) is 11.3. The van der Waals surface area contributed by atoms with Gasteiger partial charge in [0.15, 0.2) is 17.5 Å². The molecule has 1 aromatic carbocycles. The molecule has 29 heavy (non-hydrogen) atoms. The maximum atomic E-state index is 6.03. The third-order valence-corrected chi connectivity index (χ3v) is 4.98. The van der Waals surface area contributed by atoms with Gasteiger partial charge in [-0.1, -0.05) is 31.2 Å². The lowest BCUT2D eigenvalue weighted by molar-refractivity contribution is 0.300. The fourth-order valence-electron chi connectivity index (χ4n) is 2.60. The van der Waals surface area contributed by atoms with Gasteiger partial charge in [-0.15, -0.1) is 11.3 Å². The summed E-state index contributed by atoms with van der Waals surface area (Å²) in [4.78, 5) is 10.1. The number of aromatic nitrogens is 1. The van der Waals surface area contributed by atoms with Crippen LogP contribution in [-0.4, -0.2) is 24.1 Å². The van der Waals surface area contributed by atoms with E-state index in [-0.39, 0.29) is 0 Å². The van der Waals surface area contributed by atoms with E-state index in [0.29, 0.717) is 36.5 Å². The van der Waals surface area contributed by atoms with Crippen molar-refractivity contribution >= 4 is 17.3 Å². The van der Waals surface area contributed by atoms with E-state index >= 15 is 0 Å². The lowest BCUT2D eigenvalue weighted by atomic mass is 10.2. The number of para-hydroxylation sites is 2. The van der Waals surface area contributed by atoms with Gasteiger partial charge in [0, 0.05) is 23.2 Å². The molecule has 3 N–H and O–H groups in total. The number of thiophene rings is 1. The Hall–Kier alpha value is -3.06. The summed E-state index contributed by atoms with van der Waals surface area (Å²) >= 11 is 1.74. The zero-order valence-electron chi connectivity index (χ0n) is 16.5. The summed E-state index contributed by atoms with van der Waals surface area (Å²) < 4.78 is 11.8. The van der Waals surface area contributed by atoms with Crippen LogP contribution >= 0.6 is 11.3 Å². The van der Waals surface area contributed by atoms with Crippen LogP contribution in [0.3, 0.4) is 0 Å². The van der Waals surface area contributed by atoms with Crippen LogP contribution in [-0.2, 0) is 13.0 Å². The molecule has 3 rings (SSSR count). The lowest BCUT2D eigenvalue weighted by Gasteiger charge is -2.13. The Morgan fingerprint density at radius 3 is 2.79 bits per heavy atom. The van der Waals surface area contributed by atoms with Crippen LogP contribution in [0.15, 0.2) is 65.1 Å². The average Bonchev–Trinajstić information content (AvgIpc) is 3.26. The molecule has 0 unspecified atom stereocenters. The number of ether oxygens (including phenoxy) is 2. The molecule has 0 aliphatic rings. The van der Waals surface area contributed by atoms with Gasteiger partial charge in [0.25, 0.3) is 0 Å². The molecule has 0 bridgehead atoms. The Kier molecular flexibility index (Phi) is 7.89. The number of aliphatic imine (C=N–C) groups is 1. The molecule has 0 amide bonds. The van der Waals surface area contributed by atoms with Crippen molar-refractivity contribution in [2.75, 3.05) is 13.2 Å². The molecule has 0 saturated carbocycles. The number of nitrogens with one attached hydrogen (secondary N) is 1. The molecule has 0 atom stereocenters. The SMILES string of the molecule is CCCOc1ccccc1Oc1ncccc1CN=C(N)NCCc1cccs1. The Balaban J connectivity index is 1.61. The van der Waals surface area contributed by atoms with E-state index in [0.717, 1.165) is 24.9 Å². The number of guanidine groups is 1. The van der Waals surface area contributed by atoms with Gasteiger partial charge in [-0.3, -0.25) is 0 Å². The van der Waals surface area contributed by atoms with E-state index in [4.69, 9.17) is 15.2 Å². The van der Waals surface area contributed by atoms with Gasteiger partial charge in [0.1, 0.15) is 0 Å². The van der Waals surface area contributed by atoms with E-state index in [1.165, 1.54) is 4.88 Å². The molecular formula is C22H26N4O2S. The van der Waals surface area contributed by atoms with Gasteiger partial charge >= 0.3 is 0 Å². The molecule has 0 aliphatic heterocycles. The van der Waals surface area contributed by atoms with Crippen molar-refractivity contribution in [3.63, 3.8) is 0 Å². The van der Waals surface area contributed by atoms with Crippen LogP contribution in [0.5, 0.6) is 17.4 Å². The summed E-state index contributed by atoms with van der Waals surface area (Å²) in [6.45, 7) is 3.82. The predicted molar refractivity (Wildman–Crippen MR) is 118 cm³/mol. The Labute approximate surface area is 175 Å². The number of hydrogen-bond donors (Lipinski definition) is 2. The first-order chi connectivity index (χ1) is 14.3. The number of nitrogens with zero attached hydrogens (tertiary/aromatic N) is 2. The van der Waals surface area contributed by atoms with Crippen LogP contribution in [0, 0.1) is 0 Å². The van der Waals surface area contributed by atoms with E-state index < -0.39 is 0 Å². The largest absolute Gasteiger partial charge is 0.490 e. The monoisotopic (exact) mass is 410 g/mol. The molecule has 152 valence electrons. The summed E-state index contributed by atoms with van der Waals surface area (Å²) in [5.41, 5.74) is 6.85. The number of rotatable bonds is 10. The highest BCUT2D eigenvalue weighted by molar-refractivity contribution is 7.09. The van der Waals surface area contributed by atoms with Crippen molar-refractivity contribution in [2.45, 2.75) is 26.3 Å². The maximum absolute atomic E-state index is 6.03. The molecule has 0 saturated heterocycles. The lowest BCUT2D eigenvalue weighted by Crippen LogP contribution is -2.33. The van der Waals surface area contributed by atoms with E-state index in [2.05, 4.69) is 33.7 Å². The van der Waals surface area contributed by atoms with Gasteiger partial charge in [0.05, 0.1) is 13.2 Å². The van der Waals surface area contributed by atoms with Crippen molar-refractivity contribution in [3.8, 4) is 17.4 Å². The maximum Gasteiger partial charge on any atom is 0.224 e. The smallest absolute Gasteiger partial charge is 0.224 e. The number of nitrogens with two attached hydrogens (primary N) is 1. The highest BCUT2D eigenvalue weighted by atomic mass is 32.1. The van der Waals surface area contributed by atoms with Crippen molar-refractivity contribution in [1.29, 1.82) is 0 Å². The van der Waals surface area contributed by atoms with Crippen LogP contribution in [0.1, 0.15) is 23.8 Å². The second kappa shape index (κ2) is 11.1. The van der Waals surface area contributed by atoms with Gasteiger partial charge < -0.3 is 20.5 Å². The van der Waals surface area contributed by atoms with Crippen molar-refractivity contribution < 1.29 is 9.47 Å². The highest BCUT2D eigenvalue weighted by Crippen LogP contribution is 2.32. The quantitative estimate of drug-likeness (QED) is 0.383. The molecule has 0 fully saturated rings. The third kappa shape index (κ3) is 6.50. The van der Waals surface area contributed by atoms with Crippen LogP contribution in [0.4, 0.5) is 0 Å². The van der Waals surface area contributed by atoms with Crippen molar-refractivity contribution in [3.05, 3.63) is 70.5 Å². The van der Waals surface area contributed by atoms with E-state index in [1.54, 1.807) is 17.5 Å². The average molecular weight is 411 g/mol. The summed E-state index contributed by atoms with van der Waals surface area (Å²) in [6.07, 6.45) is 3.54. The Bertz CT molecular complexity index is 913. The summed E-state index contributed by atoms with van der Waals surface area (Å²) in [5.74, 6) is 2.23. The third-order valence-electron chi connectivity index (χ3n) is 4.04.